The van der Waals surface area contributed by atoms with Gasteiger partial charge < -0.3 is 20.3 Å². The second-order valence-corrected chi connectivity index (χ2v) is 6.43. The van der Waals surface area contributed by atoms with E-state index in [1.807, 2.05) is 4.90 Å². The Morgan fingerprint density at radius 2 is 1.79 bits per heavy atom. The smallest absolute Gasteiger partial charge is 0.378 e. The number of halogens is 6. The van der Waals surface area contributed by atoms with Crippen LogP contribution in [0.25, 0.3) is 0 Å². The minimum absolute atomic E-state index is 0.0298. The number of ether oxygens (including phenoxy) is 1. The predicted molar refractivity (Wildman–Crippen MR) is 98.0 cm³/mol. The summed E-state index contributed by atoms with van der Waals surface area (Å²) in [5.41, 5.74) is -0.414. The lowest BCUT2D eigenvalue weighted by molar-refractivity contribution is -0.138. The number of anilines is 1. The van der Waals surface area contributed by atoms with Crippen molar-refractivity contribution in [1.29, 1.82) is 0 Å². The Morgan fingerprint density at radius 3 is 2.38 bits per heavy atom. The van der Waals surface area contributed by atoms with E-state index in [4.69, 9.17) is 4.74 Å². The van der Waals surface area contributed by atoms with Gasteiger partial charge >= 0.3 is 12.4 Å². The zero-order valence-corrected chi connectivity index (χ0v) is 16.0. The Bertz CT molecular complexity index is 684. The first-order valence-corrected chi connectivity index (χ1v) is 9.22. The van der Waals surface area contributed by atoms with E-state index in [-0.39, 0.29) is 18.1 Å². The van der Waals surface area contributed by atoms with Crippen LogP contribution in [-0.2, 0) is 17.5 Å². The molecule has 0 bridgehead atoms. The molecule has 1 heterocycles. The quantitative estimate of drug-likeness (QED) is 0.415. The summed E-state index contributed by atoms with van der Waals surface area (Å²) < 4.78 is 82.7. The highest BCUT2D eigenvalue weighted by atomic mass is 19.4. The zero-order chi connectivity index (χ0) is 21.5. The number of aliphatic imine (C=N–C) groups is 1. The molecule has 0 atom stereocenters. The summed E-state index contributed by atoms with van der Waals surface area (Å²) in [5.74, 6) is 0.0298. The van der Waals surface area contributed by atoms with E-state index in [2.05, 4.69) is 15.6 Å². The van der Waals surface area contributed by atoms with Crippen molar-refractivity contribution >= 4 is 11.6 Å². The maximum Gasteiger partial charge on any atom is 0.416 e. The first kappa shape index (κ1) is 23.1. The number of alkyl halides is 6. The third-order valence-electron chi connectivity index (χ3n) is 4.23. The number of rotatable bonds is 6. The molecule has 5 nitrogen and oxygen atoms in total. The summed E-state index contributed by atoms with van der Waals surface area (Å²) in [5, 5.41) is 5.21. The minimum atomic E-state index is -4.57. The van der Waals surface area contributed by atoms with Crippen LogP contribution in [0.3, 0.4) is 0 Å². The Kier molecular flexibility index (Phi) is 8.00. The highest BCUT2D eigenvalue weighted by Crippen LogP contribution is 2.35. The molecule has 1 fully saturated rings. The first-order valence-electron chi connectivity index (χ1n) is 9.22. The Balaban J connectivity index is 2.16. The number of nitrogens with one attached hydrogen (secondary N) is 2. The van der Waals surface area contributed by atoms with Gasteiger partial charge in [-0.05, 0) is 24.6 Å². The molecule has 2 rings (SSSR count). The summed E-state index contributed by atoms with van der Waals surface area (Å²) in [6, 6.07) is 4.03. The maximum atomic E-state index is 13.6. The van der Waals surface area contributed by atoms with Crippen molar-refractivity contribution < 1.29 is 31.1 Å². The first-order chi connectivity index (χ1) is 13.6. The van der Waals surface area contributed by atoms with Crippen LogP contribution < -0.4 is 15.5 Å². The number of hydrogen-bond acceptors (Lipinski definition) is 3. The van der Waals surface area contributed by atoms with Crippen molar-refractivity contribution in [2.24, 2.45) is 4.99 Å². The Hall–Kier alpha value is -2.17. The highest BCUT2D eigenvalue weighted by Gasteiger charge is 2.34. The Morgan fingerprint density at radius 1 is 1.10 bits per heavy atom. The summed E-state index contributed by atoms with van der Waals surface area (Å²) in [6.07, 6.45) is -9.97. The van der Waals surface area contributed by atoms with E-state index in [9.17, 15) is 26.3 Å². The van der Waals surface area contributed by atoms with Crippen molar-refractivity contribution in [3.8, 4) is 0 Å². The van der Waals surface area contributed by atoms with Gasteiger partial charge in [0.1, 0.15) is 0 Å². The zero-order valence-electron chi connectivity index (χ0n) is 16.0. The average Bonchev–Trinajstić information content (AvgIpc) is 2.65. The van der Waals surface area contributed by atoms with E-state index >= 15 is 0 Å². The molecule has 0 radical (unpaired) electrons. The van der Waals surface area contributed by atoms with Gasteiger partial charge in [0.2, 0.25) is 0 Å². The largest absolute Gasteiger partial charge is 0.416 e. The molecule has 1 aliphatic rings. The average molecular weight is 426 g/mol. The van der Waals surface area contributed by atoms with Gasteiger partial charge in [-0.1, -0.05) is 6.07 Å². The van der Waals surface area contributed by atoms with Crippen molar-refractivity contribution in [2.45, 2.75) is 32.2 Å². The minimum Gasteiger partial charge on any atom is -0.378 e. The van der Waals surface area contributed by atoms with Crippen LogP contribution in [0.2, 0.25) is 0 Å². The van der Waals surface area contributed by atoms with Crippen molar-refractivity contribution in [3.05, 3.63) is 29.3 Å². The van der Waals surface area contributed by atoms with E-state index in [0.717, 1.165) is 6.07 Å². The number of hydrogen-bond donors (Lipinski definition) is 2. The molecule has 1 aromatic rings. The van der Waals surface area contributed by atoms with Crippen LogP contribution in [0, 0.1) is 0 Å². The van der Waals surface area contributed by atoms with Crippen molar-refractivity contribution in [2.75, 3.05) is 44.3 Å². The number of nitrogens with zero attached hydrogens (tertiary/aromatic N) is 2. The van der Waals surface area contributed by atoms with Crippen LogP contribution >= 0.6 is 0 Å². The van der Waals surface area contributed by atoms with Gasteiger partial charge in [-0.25, -0.2) is 4.99 Å². The third-order valence-corrected chi connectivity index (χ3v) is 4.23. The van der Waals surface area contributed by atoms with Gasteiger partial charge in [0.15, 0.2) is 5.96 Å². The summed E-state index contributed by atoms with van der Waals surface area (Å²) in [7, 11) is 0. The Labute approximate surface area is 165 Å². The van der Waals surface area contributed by atoms with Gasteiger partial charge in [-0.3, -0.25) is 0 Å². The molecule has 0 spiro atoms. The predicted octanol–water partition coefficient (Wildman–Crippen LogP) is 3.55. The highest BCUT2D eigenvalue weighted by molar-refractivity contribution is 5.79. The normalized spacial score (nSPS) is 16.1. The topological polar surface area (TPSA) is 48.9 Å². The molecule has 164 valence electrons. The van der Waals surface area contributed by atoms with Crippen LogP contribution in [-0.4, -0.2) is 51.5 Å². The van der Waals surface area contributed by atoms with Crippen molar-refractivity contribution in [3.63, 3.8) is 0 Å². The fraction of sp³-hybridized carbons (Fsp3) is 0.611. The lowest BCUT2D eigenvalue weighted by Gasteiger charge is -2.29. The summed E-state index contributed by atoms with van der Waals surface area (Å²) in [4.78, 5) is 5.83. The molecule has 1 aliphatic heterocycles. The molecule has 0 unspecified atom stereocenters. The van der Waals surface area contributed by atoms with Crippen LogP contribution in [0.1, 0.15) is 24.5 Å². The molecule has 0 saturated carbocycles. The van der Waals surface area contributed by atoms with Gasteiger partial charge in [0.25, 0.3) is 0 Å². The fourth-order valence-corrected chi connectivity index (χ4v) is 2.81. The van der Waals surface area contributed by atoms with Crippen LogP contribution in [0.4, 0.5) is 32.0 Å². The van der Waals surface area contributed by atoms with E-state index in [1.54, 1.807) is 13.0 Å². The number of morpholine rings is 1. The maximum absolute atomic E-state index is 13.6. The van der Waals surface area contributed by atoms with Crippen LogP contribution in [0.5, 0.6) is 0 Å². The molecule has 11 heteroatoms. The fourth-order valence-electron chi connectivity index (χ4n) is 2.81. The molecule has 0 amide bonds. The monoisotopic (exact) mass is 426 g/mol. The summed E-state index contributed by atoms with van der Waals surface area (Å²) in [6.45, 7) is 3.23. The number of guanidine groups is 1. The van der Waals surface area contributed by atoms with Gasteiger partial charge in [0.05, 0.1) is 31.7 Å². The van der Waals surface area contributed by atoms with E-state index in [1.165, 1.54) is 6.07 Å². The molecule has 1 saturated heterocycles. The molecule has 0 aromatic heterocycles. The molecule has 2 N–H and O–H groups in total. The lowest BCUT2D eigenvalue weighted by Crippen LogP contribution is -2.39. The molecule has 1 aromatic carbocycles. The third kappa shape index (κ3) is 7.64. The van der Waals surface area contributed by atoms with E-state index in [0.29, 0.717) is 38.5 Å². The molecular weight excluding hydrogens is 402 g/mol. The molecule has 0 aliphatic carbocycles. The van der Waals surface area contributed by atoms with Crippen molar-refractivity contribution in [1.82, 2.24) is 10.6 Å². The van der Waals surface area contributed by atoms with Crippen LogP contribution in [0.15, 0.2) is 23.2 Å². The van der Waals surface area contributed by atoms with Gasteiger partial charge in [-0.15, -0.1) is 0 Å². The molecule has 29 heavy (non-hydrogen) atoms. The standard InChI is InChI=1S/C18H24F6N4O/c1-2-25-16(26-6-5-17(19,20)21)27-12-13-3-4-14(11-15(13)18(22,23)24)28-7-9-29-10-8-28/h3-4,11H,2,5-10,12H2,1H3,(H2,25,26,27). The molecular formula is C18H24F6N4O. The SMILES string of the molecule is CCNC(=NCc1ccc(N2CCOCC2)cc1C(F)(F)F)NCCC(F)(F)F. The second-order valence-electron chi connectivity index (χ2n) is 6.43. The lowest BCUT2D eigenvalue weighted by atomic mass is 10.1. The second kappa shape index (κ2) is 10.0. The number of benzene rings is 1. The summed E-state index contributed by atoms with van der Waals surface area (Å²) >= 11 is 0. The van der Waals surface area contributed by atoms with E-state index < -0.39 is 30.9 Å². The van der Waals surface area contributed by atoms with Gasteiger partial charge in [0, 0.05) is 31.9 Å². The van der Waals surface area contributed by atoms with Gasteiger partial charge in [-0.2, -0.15) is 26.3 Å².